The molecule has 0 atom stereocenters. The van der Waals surface area contributed by atoms with Crippen LogP contribution in [0.4, 0.5) is 0 Å². The normalized spacial score (nSPS) is 15.6. The summed E-state index contributed by atoms with van der Waals surface area (Å²) in [4.78, 5) is 13.9. The number of hydrogen-bond acceptors (Lipinski definition) is 2. The van der Waals surface area contributed by atoms with E-state index < -0.39 is 0 Å². The fourth-order valence-electron chi connectivity index (χ4n) is 2.24. The molecule has 2 rings (SSSR count). The first-order chi connectivity index (χ1) is 9.16. The zero-order chi connectivity index (χ0) is 13.7. The molecule has 0 spiro atoms. The molecule has 1 fully saturated rings. The number of amides is 1. The minimum absolute atomic E-state index is 0.236. The average molecular weight is 301 g/mol. The molecule has 1 N–H and O–H groups in total. The Kier molecular flexibility index (Phi) is 5.49. The quantitative estimate of drug-likeness (QED) is 0.927. The molecular formula is C14H18Cl2N2O. The molecule has 1 aliphatic rings. The first kappa shape index (κ1) is 14.6. The van der Waals surface area contributed by atoms with E-state index in [0.717, 1.165) is 49.6 Å². The maximum absolute atomic E-state index is 12.0. The number of carbonyl (C=O) groups excluding carboxylic acids is 1. The molecule has 0 unspecified atom stereocenters. The van der Waals surface area contributed by atoms with E-state index in [1.807, 2.05) is 11.0 Å². The zero-order valence-electron chi connectivity index (χ0n) is 10.8. The number of piperazine rings is 1. The van der Waals surface area contributed by atoms with E-state index in [1.54, 1.807) is 12.1 Å². The van der Waals surface area contributed by atoms with Gasteiger partial charge in [0.2, 0.25) is 5.91 Å². The van der Waals surface area contributed by atoms with Crippen LogP contribution in [0.1, 0.15) is 18.4 Å². The van der Waals surface area contributed by atoms with Crippen LogP contribution in [0, 0.1) is 0 Å². The fraction of sp³-hybridized carbons (Fsp3) is 0.500. The first-order valence-electron chi connectivity index (χ1n) is 6.59. The Bertz CT molecular complexity index is 445. The summed E-state index contributed by atoms with van der Waals surface area (Å²) in [5.74, 6) is 0.236. The van der Waals surface area contributed by atoms with Gasteiger partial charge in [-0.1, -0.05) is 23.2 Å². The molecule has 1 heterocycles. The number of rotatable bonds is 4. The highest BCUT2D eigenvalue weighted by Gasteiger charge is 2.15. The lowest BCUT2D eigenvalue weighted by atomic mass is 10.1. The van der Waals surface area contributed by atoms with Crippen LogP contribution in [0.25, 0.3) is 0 Å². The van der Waals surface area contributed by atoms with Crippen LogP contribution < -0.4 is 5.32 Å². The van der Waals surface area contributed by atoms with Crippen molar-refractivity contribution < 1.29 is 4.79 Å². The van der Waals surface area contributed by atoms with Crippen LogP contribution in [0.2, 0.25) is 10.0 Å². The van der Waals surface area contributed by atoms with Crippen molar-refractivity contribution in [2.75, 3.05) is 26.2 Å². The topological polar surface area (TPSA) is 32.3 Å². The van der Waals surface area contributed by atoms with Gasteiger partial charge in [0.25, 0.3) is 0 Å². The lowest BCUT2D eigenvalue weighted by Crippen LogP contribution is -2.46. The largest absolute Gasteiger partial charge is 0.340 e. The third-order valence-electron chi connectivity index (χ3n) is 3.31. The van der Waals surface area contributed by atoms with Crippen molar-refractivity contribution in [1.82, 2.24) is 10.2 Å². The molecule has 1 amide bonds. The molecule has 0 radical (unpaired) electrons. The van der Waals surface area contributed by atoms with E-state index in [-0.39, 0.29) is 5.91 Å². The molecule has 1 aromatic rings. The van der Waals surface area contributed by atoms with Gasteiger partial charge in [-0.3, -0.25) is 4.79 Å². The fourth-order valence-corrected chi connectivity index (χ4v) is 2.64. The van der Waals surface area contributed by atoms with Crippen LogP contribution in [-0.4, -0.2) is 37.0 Å². The summed E-state index contributed by atoms with van der Waals surface area (Å²) >= 11 is 12.0. The van der Waals surface area contributed by atoms with Gasteiger partial charge in [0.1, 0.15) is 0 Å². The lowest BCUT2D eigenvalue weighted by molar-refractivity contribution is -0.131. The molecule has 3 nitrogen and oxygen atoms in total. The molecule has 1 aromatic carbocycles. The van der Waals surface area contributed by atoms with Crippen molar-refractivity contribution in [3.63, 3.8) is 0 Å². The summed E-state index contributed by atoms with van der Waals surface area (Å²) in [6.45, 7) is 3.42. The number of hydrogen-bond donors (Lipinski definition) is 1. The summed E-state index contributed by atoms with van der Waals surface area (Å²) in [7, 11) is 0. The summed E-state index contributed by atoms with van der Waals surface area (Å²) in [5.41, 5.74) is 1.02. The molecule has 0 aromatic heterocycles. The highest BCUT2D eigenvalue weighted by molar-refractivity contribution is 6.33. The predicted octanol–water partition coefficient (Wildman–Crippen LogP) is 2.75. The predicted molar refractivity (Wildman–Crippen MR) is 78.8 cm³/mol. The number of nitrogens with zero attached hydrogens (tertiary/aromatic N) is 1. The third-order valence-corrected chi connectivity index (χ3v) is 3.92. The molecule has 19 heavy (non-hydrogen) atoms. The lowest BCUT2D eigenvalue weighted by Gasteiger charge is -2.27. The van der Waals surface area contributed by atoms with Crippen molar-refractivity contribution >= 4 is 29.1 Å². The van der Waals surface area contributed by atoms with Crippen LogP contribution in [-0.2, 0) is 11.2 Å². The maximum Gasteiger partial charge on any atom is 0.222 e. The van der Waals surface area contributed by atoms with Gasteiger partial charge in [-0.15, -0.1) is 0 Å². The monoisotopic (exact) mass is 300 g/mol. The second-order valence-electron chi connectivity index (χ2n) is 4.72. The summed E-state index contributed by atoms with van der Waals surface area (Å²) in [5, 5.41) is 4.65. The minimum Gasteiger partial charge on any atom is -0.340 e. The molecule has 5 heteroatoms. The maximum atomic E-state index is 12.0. The SMILES string of the molecule is O=C(CCCc1cc(Cl)ccc1Cl)N1CCNCC1. The smallest absolute Gasteiger partial charge is 0.222 e. The second-order valence-corrected chi connectivity index (χ2v) is 5.56. The molecule has 0 aliphatic carbocycles. The van der Waals surface area contributed by atoms with E-state index in [4.69, 9.17) is 23.2 Å². The van der Waals surface area contributed by atoms with E-state index in [0.29, 0.717) is 11.4 Å². The second kappa shape index (κ2) is 7.13. The standard InChI is InChI=1S/C14H18Cl2N2O/c15-12-4-5-13(16)11(10-12)2-1-3-14(19)18-8-6-17-7-9-18/h4-5,10,17H,1-3,6-9H2. The Morgan fingerprint density at radius 2 is 2.00 bits per heavy atom. The average Bonchev–Trinajstić information content (AvgIpc) is 2.43. The zero-order valence-corrected chi connectivity index (χ0v) is 12.3. The number of benzene rings is 1. The van der Waals surface area contributed by atoms with Gasteiger partial charge in [0.05, 0.1) is 0 Å². The summed E-state index contributed by atoms with van der Waals surface area (Å²) in [6, 6.07) is 5.45. The van der Waals surface area contributed by atoms with Crippen LogP contribution in [0.15, 0.2) is 18.2 Å². The first-order valence-corrected chi connectivity index (χ1v) is 7.35. The van der Waals surface area contributed by atoms with Crippen molar-refractivity contribution in [1.29, 1.82) is 0 Å². The Morgan fingerprint density at radius 3 is 2.74 bits per heavy atom. The van der Waals surface area contributed by atoms with E-state index in [1.165, 1.54) is 0 Å². The Labute approximate surface area is 123 Å². The van der Waals surface area contributed by atoms with Gasteiger partial charge in [-0.05, 0) is 36.6 Å². The van der Waals surface area contributed by atoms with Crippen molar-refractivity contribution in [3.05, 3.63) is 33.8 Å². The number of carbonyl (C=O) groups is 1. The van der Waals surface area contributed by atoms with Crippen molar-refractivity contribution in [2.24, 2.45) is 0 Å². The van der Waals surface area contributed by atoms with Crippen LogP contribution in [0.5, 0.6) is 0 Å². The Morgan fingerprint density at radius 1 is 1.26 bits per heavy atom. The van der Waals surface area contributed by atoms with Crippen LogP contribution >= 0.6 is 23.2 Å². The van der Waals surface area contributed by atoms with Gasteiger partial charge in [0, 0.05) is 42.6 Å². The van der Waals surface area contributed by atoms with Gasteiger partial charge >= 0.3 is 0 Å². The Balaban J connectivity index is 1.79. The third kappa shape index (κ3) is 4.37. The number of halogens is 2. The Hall–Kier alpha value is -0.770. The van der Waals surface area contributed by atoms with Crippen LogP contribution in [0.3, 0.4) is 0 Å². The molecular weight excluding hydrogens is 283 g/mol. The van der Waals surface area contributed by atoms with Gasteiger partial charge in [-0.25, -0.2) is 0 Å². The van der Waals surface area contributed by atoms with Gasteiger partial charge in [-0.2, -0.15) is 0 Å². The molecule has 1 aliphatic heterocycles. The minimum atomic E-state index is 0.236. The molecule has 104 valence electrons. The highest BCUT2D eigenvalue weighted by Crippen LogP contribution is 2.22. The molecule has 1 saturated heterocycles. The van der Waals surface area contributed by atoms with Crippen molar-refractivity contribution in [3.8, 4) is 0 Å². The summed E-state index contributed by atoms with van der Waals surface area (Å²) in [6.07, 6.45) is 2.17. The van der Waals surface area contributed by atoms with Crippen molar-refractivity contribution in [2.45, 2.75) is 19.3 Å². The van der Waals surface area contributed by atoms with E-state index in [9.17, 15) is 4.79 Å². The number of nitrogens with one attached hydrogen (secondary N) is 1. The highest BCUT2D eigenvalue weighted by atomic mass is 35.5. The van der Waals surface area contributed by atoms with Gasteiger partial charge in [0.15, 0.2) is 0 Å². The van der Waals surface area contributed by atoms with Gasteiger partial charge < -0.3 is 10.2 Å². The number of aryl methyl sites for hydroxylation is 1. The van der Waals surface area contributed by atoms with E-state index in [2.05, 4.69) is 5.32 Å². The summed E-state index contributed by atoms with van der Waals surface area (Å²) < 4.78 is 0. The van der Waals surface area contributed by atoms with E-state index >= 15 is 0 Å². The molecule has 0 saturated carbocycles. The molecule has 0 bridgehead atoms.